The summed E-state index contributed by atoms with van der Waals surface area (Å²) in [6.07, 6.45) is 2.44. The number of rotatable bonds is 4. The van der Waals surface area contributed by atoms with Crippen LogP contribution in [0.3, 0.4) is 0 Å². The number of nitrogens with zero attached hydrogens (tertiary/aromatic N) is 1. The van der Waals surface area contributed by atoms with E-state index in [0.29, 0.717) is 0 Å². The second-order valence-electron chi connectivity index (χ2n) is 4.08. The van der Waals surface area contributed by atoms with Gasteiger partial charge in [0, 0.05) is 24.0 Å². The van der Waals surface area contributed by atoms with Crippen molar-refractivity contribution in [2.24, 2.45) is 0 Å². The summed E-state index contributed by atoms with van der Waals surface area (Å²) in [5.41, 5.74) is 0.965. The number of halogens is 3. The highest BCUT2D eigenvalue weighted by Gasteiger charge is 2.15. The summed E-state index contributed by atoms with van der Waals surface area (Å²) >= 11 is 0. The number of anilines is 1. The first-order valence-corrected chi connectivity index (χ1v) is 5.97. The number of benzene rings is 1. The lowest BCUT2D eigenvalue weighted by Crippen LogP contribution is -2.01. The maximum absolute atomic E-state index is 13.7. The van der Waals surface area contributed by atoms with Gasteiger partial charge in [0.05, 0.1) is 5.69 Å². The molecule has 5 heteroatoms. The molecule has 100 valence electrons. The van der Waals surface area contributed by atoms with Crippen LogP contribution in [0.4, 0.5) is 18.9 Å². The number of hydrogen-bond donors (Lipinski definition) is 1. The number of hydrogen-bond acceptors (Lipinski definition) is 2. The highest BCUT2D eigenvalue weighted by molar-refractivity contribution is 5.64. The highest BCUT2D eigenvalue weighted by Crippen LogP contribution is 2.25. The van der Waals surface area contributed by atoms with Crippen molar-refractivity contribution in [2.75, 3.05) is 11.9 Å². The van der Waals surface area contributed by atoms with E-state index in [-0.39, 0.29) is 11.3 Å². The van der Waals surface area contributed by atoms with Crippen LogP contribution in [0, 0.1) is 17.5 Å². The van der Waals surface area contributed by atoms with E-state index in [0.717, 1.165) is 24.7 Å². The van der Waals surface area contributed by atoms with Crippen molar-refractivity contribution in [3.05, 3.63) is 47.9 Å². The molecule has 19 heavy (non-hydrogen) atoms. The van der Waals surface area contributed by atoms with E-state index in [1.54, 1.807) is 12.1 Å². The summed E-state index contributed by atoms with van der Waals surface area (Å²) in [6.45, 7) is 2.79. The van der Waals surface area contributed by atoms with E-state index in [2.05, 4.69) is 10.3 Å². The van der Waals surface area contributed by atoms with E-state index in [4.69, 9.17) is 0 Å². The zero-order valence-corrected chi connectivity index (χ0v) is 10.4. The van der Waals surface area contributed by atoms with Crippen molar-refractivity contribution in [3.63, 3.8) is 0 Å². The Balaban J connectivity index is 2.39. The molecular weight excluding hydrogens is 253 g/mol. The highest BCUT2D eigenvalue weighted by atomic mass is 19.2. The molecule has 0 atom stereocenters. The molecule has 2 nitrogen and oxygen atoms in total. The monoisotopic (exact) mass is 266 g/mol. The van der Waals surface area contributed by atoms with Gasteiger partial charge in [0.15, 0.2) is 17.5 Å². The van der Waals surface area contributed by atoms with Gasteiger partial charge in [0.1, 0.15) is 0 Å². The Kier molecular flexibility index (Phi) is 4.04. The van der Waals surface area contributed by atoms with Crippen molar-refractivity contribution in [2.45, 2.75) is 13.3 Å². The Labute approximate surface area is 109 Å². The first-order valence-electron chi connectivity index (χ1n) is 5.97. The molecule has 0 fully saturated rings. The molecule has 1 aromatic carbocycles. The fourth-order valence-electron chi connectivity index (χ4n) is 1.68. The Morgan fingerprint density at radius 3 is 2.63 bits per heavy atom. The summed E-state index contributed by atoms with van der Waals surface area (Å²) < 4.78 is 39.7. The summed E-state index contributed by atoms with van der Waals surface area (Å²) in [7, 11) is 0. The Hall–Kier alpha value is -2.04. The van der Waals surface area contributed by atoms with Crippen LogP contribution in [0.15, 0.2) is 30.5 Å². The molecule has 2 rings (SSSR count). The van der Waals surface area contributed by atoms with Crippen LogP contribution >= 0.6 is 0 Å². The summed E-state index contributed by atoms with van der Waals surface area (Å²) in [4.78, 5) is 3.98. The van der Waals surface area contributed by atoms with Crippen molar-refractivity contribution in [3.8, 4) is 11.3 Å². The molecule has 0 spiro atoms. The van der Waals surface area contributed by atoms with E-state index < -0.39 is 17.5 Å². The lowest BCUT2D eigenvalue weighted by Gasteiger charge is -2.08. The van der Waals surface area contributed by atoms with Gasteiger partial charge in [-0.05, 0) is 30.7 Å². The normalized spacial score (nSPS) is 10.5. The van der Waals surface area contributed by atoms with Crippen molar-refractivity contribution in [1.29, 1.82) is 0 Å². The number of aromatic nitrogens is 1. The number of pyridine rings is 1. The van der Waals surface area contributed by atoms with Gasteiger partial charge in [-0.25, -0.2) is 13.2 Å². The SMILES string of the molecule is CCCNc1ccnc(-c2ccc(F)c(F)c2F)c1. The molecule has 1 N–H and O–H groups in total. The molecular formula is C14H13F3N2. The molecule has 1 heterocycles. The summed E-state index contributed by atoms with van der Waals surface area (Å²) in [5.74, 6) is -3.91. The van der Waals surface area contributed by atoms with Crippen LogP contribution in [0.25, 0.3) is 11.3 Å². The largest absolute Gasteiger partial charge is 0.385 e. The third kappa shape index (κ3) is 2.86. The van der Waals surface area contributed by atoms with Gasteiger partial charge >= 0.3 is 0 Å². The predicted molar refractivity (Wildman–Crippen MR) is 68.3 cm³/mol. The standard InChI is InChI=1S/C14H13F3N2/c1-2-6-18-9-5-7-19-12(8-9)10-3-4-11(15)14(17)13(10)16/h3-5,7-8H,2,6H2,1H3,(H,18,19). The summed E-state index contributed by atoms with van der Waals surface area (Å²) in [5, 5.41) is 3.12. The third-order valence-electron chi connectivity index (χ3n) is 2.65. The van der Waals surface area contributed by atoms with Gasteiger partial charge in [-0.2, -0.15) is 0 Å². The first kappa shape index (κ1) is 13.4. The van der Waals surface area contributed by atoms with E-state index in [1.807, 2.05) is 6.92 Å². The Morgan fingerprint density at radius 2 is 1.89 bits per heavy atom. The lowest BCUT2D eigenvalue weighted by atomic mass is 10.1. The van der Waals surface area contributed by atoms with Crippen molar-refractivity contribution < 1.29 is 13.2 Å². The molecule has 0 unspecified atom stereocenters. The van der Waals surface area contributed by atoms with Gasteiger partial charge < -0.3 is 5.32 Å². The molecule has 2 aromatic rings. The van der Waals surface area contributed by atoms with Crippen LogP contribution < -0.4 is 5.32 Å². The topological polar surface area (TPSA) is 24.9 Å². The average molecular weight is 266 g/mol. The Morgan fingerprint density at radius 1 is 1.11 bits per heavy atom. The van der Waals surface area contributed by atoms with Gasteiger partial charge in [0.25, 0.3) is 0 Å². The minimum absolute atomic E-state index is 0.0564. The molecule has 0 radical (unpaired) electrons. The van der Waals surface area contributed by atoms with Gasteiger partial charge in [-0.1, -0.05) is 6.92 Å². The zero-order chi connectivity index (χ0) is 13.8. The average Bonchev–Trinajstić information content (AvgIpc) is 2.43. The van der Waals surface area contributed by atoms with Gasteiger partial charge in [-0.15, -0.1) is 0 Å². The van der Waals surface area contributed by atoms with E-state index in [9.17, 15) is 13.2 Å². The van der Waals surface area contributed by atoms with Crippen LogP contribution in [0.2, 0.25) is 0 Å². The van der Waals surface area contributed by atoms with Crippen LogP contribution in [-0.2, 0) is 0 Å². The van der Waals surface area contributed by atoms with Crippen molar-refractivity contribution in [1.82, 2.24) is 4.98 Å². The van der Waals surface area contributed by atoms with Gasteiger partial charge in [0.2, 0.25) is 0 Å². The predicted octanol–water partition coefficient (Wildman–Crippen LogP) is 3.99. The third-order valence-corrected chi connectivity index (χ3v) is 2.65. The minimum Gasteiger partial charge on any atom is -0.385 e. The second-order valence-corrected chi connectivity index (χ2v) is 4.08. The maximum Gasteiger partial charge on any atom is 0.195 e. The molecule has 0 aliphatic carbocycles. The van der Waals surface area contributed by atoms with Crippen molar-refractivity contribution >= 4 is 5.69 Å². The molecule has 1 aromatic heterocycles. The quantitative estimate of drug-likeness (QED) is 0.846. The molecule has 0 amide bonds. The molecule has 0 aliphatic rings. The molecule has 0 saturated carbocycles. The smallest absolute Gasteiger partial charge is 0.195 e. The molecule has 0 saturated heterocycles. The van der Waals surface area contributed by atoms with Crippen LogP contribution in [0.5, 0.6) is 0 Å². The fourth-order valence-corrected chi connectivity index (χ4v) is 1.68. The summed E-state index contributed by atoms with van der Waals surface area (Å²) in [6, 6.07) is 5.41. The lowest BCUT2D eigenvalue weighted by molar-refractivity contribution is 0.449. The fraction of sp³-hybridized carbons (Fsp3) is 0.214. The maximum atomic E-state index is 13.7. The zero-order valence-electron chi connectivity index (χ0n) is 10.4. The van der Waals surface area contributed by atoms with E-state index >= 15 is 0 Å². The molecule has 0 aliphatic heterocycles. The second kappa shape index (κ2) is 5.73. The van der Waals surface area contributed by atoms with Crippen LogP contribution in [0.1, 0.15) is 13.3 Å². The van der Waals surface area contributed by atoms with E-state index in [1.165, 1.54) is 12.3 Å². The van der Waals surface area contributed by atoms with Crippen LogP contribution in [-0.4, -0.2) is 11.5 Å². The van der Waals surface area contributed by atoms with Gasteiger partial charge in [-0.3, -0.25) is 4.98 Å². The number of nitrogens with one attached hydrogen (secondary N) is 1. The minimum atomic E-state index is -1.48. The molecule has 0 bridgehead atoms. The Bertz CT molecular complexity index is 585. The first-order chi connectivity index (χ1) is 9.13.